The van der Waals surface area contributed by atoms with Gasteiger partial charge in [-0.25, -0.2) is 18.2 Å². The summed E-state index contributed by atoms with van der Waals surface area (Å²) < 4.78 is 39.6. The van der Waals surface area contributed by atoms with Gasteiger partial charge in [0.25, 0.3) is 0 Å². The first-order chi connectivity index (χ1) is 9.01. The minimum atomic E-state index is -1.30. The fourth-order valence-electron chi connectivity index (χ4n) is 1.35. The summed E-state index contributed by atoms with van der Waals surface area (Å²) in [7, 11) is 1.58. The highest BCUT2D eigenvalue weighted by Crippen LogP contribution is 2.27. The Morgan fingerprint density at radius 3 is 2.63 bits per heavy atom. The van der Waals surface area contributed by atoms with Gasteiger partial charge in [-0.05, 0) is 0 Å². The van der Waals surface area contributed by atoms with Gasteiger partial charge in [0.2, 0.25) is 5.95 Å². The summed E-state index contributed by atoms with van der Waals surface area (Å²) in [5, 5.41) is 5.16. The highest BCUT2D eigenvalue weighted by atomic mass is 35.5. The van der Waals surface area contributed by atoms with Crippen LogP contribution < -0.4 is 10.6 Å². The van der Waals surface area contributed by atoms with Gasteiger partial charge in [-0.3, -0.25) is 0 Å². The topological polar surface area (TPSA) is 49.8 Å². The van der Waals surface area contributed by atoms with Crippen molar-refractivity contribution in [3.63, 3.8) is 0 Å². The Labute approximate surface area is 111 Å². The van der Waals surface area contributed by atoms with Gasteiger partial charge in [-0.15, -0.1) is 0 Å². The van der Waals surface area contributed by atoms with Gasteiger partial charge in [0.15, 0.2) is 17.5 Å². The lowest BCUT2D eigenvalue weighted by Crippen LogP contribution is -2.03. The second-order valence-corrected chi connectivity index (χ2v) is 3.92. The largest absolute Gasteiger partial charge is 0.357 e. The molecule has 2 rings (SSSR count). The van der Waals surface area contributed by atoms with Crippen LogP contribution in [-0.4, -0.2) is 17.0 Å². The molecule has 1 aromatic heterocycles. The van der Waals surface area contributed by atoms with Crippen molar-refractivity contribution in [2.75, 3.05) is 17.7 Å². The zero-order valence-electron chi connectivity index (χ0n) is 9.64. The number of nitrogens with one attached hydrogen (secondary N) is 2. The molecule has 0 atom stereocenters. The van der Waals surface area contributed by atoms with Gasteiger partial charge in [-0.2, -0.15) is 4.98 Å². The van der Waals surface area contributed by atoms with Crippen LogP contribution in [0, 0.1) is 17.5 Å². The number of halogens is 4. The summed E-state index contributed by atoms with van der Waals surface area (Å²) in [6.45, 7) is 0. The quantitative estimate of drug-likeness (QED) is 0.851. The maximum absolute atomic E-state index is 13.5. The average Bonchev–Trinajstić information content (AvgIpc) is 2.38. The van der Waals surface area contributed by atoms with Crippen molar-refractivity contribution >= 4 is 29.1 Å². The molecule has 0 amide bonds. The number of aromatic nitrogens is 2. The number of rotatable bonds is 3. The fraction of sp³-hybridized carbons (Fsp3) is 0.0909. The lowest BCUT2D eigenvalue weighted by Gasteiger charge is -2.10. The molecular weight excluding hydrogens is 281 g/mol. The van der Waals surface area contributed by atoms with E-state index < -0.39 is 23.1 Å². The van der Waals surface area contributed by atoms with Crippen LogP contribution >= 0.6 is 11.6 Å². The molecule has 0 saturated heterocycles. The second kappa shape index (κ2) is 5.31. The van der Waals surface area contributed by atoms with Crippen LogP contribution in [0.25, 0.3) is 0 Å². The fourth-order valence-corrected chi connectivity index (χ4v) is 1.49. The smallest absolute Gasteiger partial charge is 0.224 e. The van der Waals surface area contributed by atoms with E-state index in [-0.39, 0.29) is 16.8 Å². The van der Waals surface area contributed by atoms with Gasteiger partial charge in [0, 0.05) is 19.2 Å². The molecule has 0 fully saturated rings. The van der Waals surface area contributed by atoms with E-state index in [9.17, 15) is 13.2 Å². The lowest BCUT2D eigenvalue weighted by molar-refractivity contribution is 0.498. The van der Waals surface area contributed by atoms with Crippen molar-refractivity contribution in [2.45, 2.75) is 0 Å². The van der Waals surface area contributed by atoms with Crippen molar-refractivity contribution in [2.24, 2.45) is 0 Å². The third-order valence-corrected chi connectivity index (χ3v) is 2.49. The molecule has 4 nitrogen and oxygen atoms in total. The normalized spacial score (nSPS) is 10.4. The Balaban J connectivity index is 2.41. The first-order valence-corrected chi connectivity index (χ1v) is 5.51. The molecule has 1 heterocycles. The SMILES string of the molecule is CNc1ncc(Cl)c(Nc2cc(F)cc(F)c2F)n1. The summed E-state index contributed by atoms with van der Waals surface area (Å²) in [5.74, 6) is -3.18. The van der Waals surface area contributed by atoms with Gasteiger partial charge in [0.05, 0.1) is 11.9 Å². The van der Waals surface area contributed by atoms with Gasteiger partial charge in [0.1, 0.15) is 10.8 Å². The van der Waals surface area contributed by atoms with Gasteiger partial charge >= 0.3 is 0 Å². The minimum absolute atomic E-state index is 0.0323. The van der Waals surface area contributed by atoms with Crippen LogP contribution in [-0.2, 0) is 0 Å². The molecular formula is C11H8ClF3N4. The Morgan fingerprint density at radius 2 is 1.95 bits per heavy atom. The Morgan fingerprint density at radius 1 is 1.21 bits per heavy atom. The van der Waals surface area contributed by atoms with E-state index in [0.717, 1.165) is 6.07 Å². The van der Waals surface area contributed by atoms with E-state index in [2.05, 4.69) is 20.6 Å². The first-order valence-electron chi connectivity index (χ1n) is 5.13. The third-order valence-electron chi connectivity index (χ3n) is 2.21. The molecule has 100 valence electrons. The van der Waals surface area contributed by atoms with E-state index in [1.807, 2.05) is 0 Å². The predicted molar refractivity (Wildman–Crippen MR) is 66.2 cm³/mol. The van der Waals surface area contributed by atoms with Crippen molar-refractivity contribution in [1.29, 1.82) is 0 Å². The van der Waals surface area contributed by atoms with Crippen molar-refractivity contribution in [3.8, 4) is 0 Å². The van der Waals surface area contributed by atoms with Gasteiger partial charge in [-0.1, -0.05) is 11.6 Å². The Hall–Kier alpha value is -2.02. The summed E-state index contributed by atoms with van der Waals surface area (Å²) >= 11 is 5.81. The molecule has 19 heavy (non-hydrogen) atoms. The number of nitrogens with zero attached hydrogens (tertiary/aromatic N) is 2. The van der Waals surface area contributed by atoms with E-state index in [1.165, 1.54) is 6.20 Å². The van der Waals surface area contributed by atoms with Crippen molar-refractivity contribution in [1.82, 2.24) is 9.97 Å². The molecule has 0 aliphatic carbocycles. The molecule has 0 bridgehead atoms. The van der Waals surface area contributed by atoms with Crippen molar-refractivity contribution in [3.05, 3.63) is 40.8 Å². The molecule has 8 heteroatoms. The van der Waals surface area contributed by atoms with E-state index in [1.54, 1.807) is 7.05 Å². The zero-order chi connectivity index (χ0) is 14.0. The van der Waals surface area contributed by atoms with Crippen LogP contribution in [0.1, 0.15) is 0 Å². The van der Waals surface area contributed by atoms with E-state index >= 15 is 0 Å². The third kappa shape index (κ3) is 2.87. The molecule has 0 saturated carbocycles. The number of hydrogen-bond donors (Lipinski definition) is 2. The van der Waals surface area contributed by atoms with E-state index in [0.29, 0.717) is 6.07 Å². The molecule has 1 aromatic carbocycles. The number of benzene rings is 1. The lowest BCUT2D eigenvalue weighted by atomic mass is 10.3. The molecule has 0 spiro atoms. The van der Waals surface area contributed by atoms with E-state index in [4.69, 9.17) is 11.6 Å². The molecule has 2 N–H and O–H groups in total. The maximum Gasteiger partial charge on any atom is 0.224 e. The Kier molecular flexibility index (Phi) is 3.75. The van der Waals surface area contributed by atoms with Crippen LogP contribution in [0.3, 0.4) is 0 Å². The second-order valence-electron chi connectivity index (χ2n) is 3.51. The molecule has 0 unspecified atom stereocenters. The highest BCUT2D eigenvalue weighted by Gasteiger charge is 2.13. The van der Waals surface area contributed by atoms with Crippen LogP contribution in [0.2, 0.25) is 5.02 Å². The monoisotopic (exact) mass is 288 g/mol. The molecule has 0 aliphatic heterocycles. The summed E-state index contributed by atoms with van der Waals surface area (Å²) in [5.41, 5.74) is -0.403. The minimum Gasteiger partial charge on any atom is -0.357 e. The first kappa shape index (κ1) is 13.4. The zero-order valence-corrected chi connectivity index (χ0v) is 10.4. The molecule has 2 aromatic rings. The standard InChI is InChI=1S/C11H8ClF3N4/c1-16-11-17-4-6(12)10(19-11)18-8-3-5(13)2-7(14)9(8)15/h2-4H,1H3,(H2,16,17,18,19). The van der Waals surface area contributed by atoms with Crippen LogP contribution in [0.15, 0.2) is 18.3 Å². The Bertz CT molecular complexity index is 621. The van der Waals surface area contributed by atoms with Gasteiger partial charge < -0.3 is 10.6 Å². The summed E-state index contributed by atoms with van der Waals surface area (Å²) in [6, 6.07) is 1.25. The number of anilines is 3. The molecule has 0 radical (unpaired) electrons. The van der Waals surface area contributed by atoms with Crippen molar-refractivity contribution < 1.29 is 13.2 Å². The van der Waals surface area contributed by atoms with Crippen LogP contribution in [0.5, 0.6) is 0 Å². The highest BCUT2D eigenvalue weighted by molar-refractivity contribution is 6.32. The molecule has 0 aliphatic rings. The predicted octanol–water partition coefficient (Wildman–Crippen LogP) is 3.33. The summed E-state index contributed by atoms with van der Waals surface area (Å²) in [4.78, 5) is 7.73. The maximum atomic E-state index is 13.5. The van der Waals surface area contributed by atoms with Crippen LogP contribution in [0.4, 0.5) is 30.6 Å². The summed E-state index contributed by atoms with van der Waals surface area (Å²) in [6.07, 6.45) is 1.27. The average molecular weight is 289 g/mol. The number of hydrogen-bond acceptors (Lipinski definition) is 4.